The topological polar surface area (TPSA) is 9.23 Å². The molecule has 0 saturated carbocycles. The highest BCUT2D eigenvalue weighted by molar-refractivity contribution is 5.40. The van der Waals surface area contributed by atoms with Crippen molar-refractivity contribution in [1.29, 1.82) is 0 Å². The third kappa shape index (κ3) is 5.34. The van der Waals surface area contributed by atoms with Crippen LogP contribution in [0.25, 0.3) is 0 Å². The molecule has 0 spiro atoms. The van der Waals surface area contributed by atoms with E-state index in [1.807, 2.05) is 0 Å². The molecule has 0 N–H and O–H groups in total. The van der Waals surface area contributed by atoms with Gasteiger partial charge in [-0.25, -0.2) is 0 Å². The summed E-state index contributed by atoms with van der Waals surface area (Å²) >= 11 is 0. The van der Waals surface area contributed by atoms with Gasteiger partial charge < -0.3 is 4.74 Å². The maximum Gasteiger partial charge on any atom is 0.119 e. The molecule has 0 bridgehead atoms. The molecule has 1 aromatic carbocycles. The summed E-state index contributed by atoms with van der Waals surface area (Å²) in [6.45, 7) is 21.2. The fourth-order valence-corrected chi connectivity index (χ4v) is 2.53. The third-order valence-corrected chi connectivity index (χ3v) is 4.57. The molecule has 0 aliphatic carbocycles. The first kappa shape index (κ1) is 19.1. The van der Waals surface area contributed by atoms with Crippen LogP contribution in [0.2, 0.25) is 0 Å². The Morgan fingerprint density at radius 3 is 1.64 bits per heavy atom. The maximum absolute atomic E-state index is 6.19. The van der Waals surface area contributed by atoms with Crippen molar-refractivity contribution in [3.05, 3.63) is 29.3 Å². The molecular weight excluding hydrogens is 268 g/mol. The molecule has 1 rings (SSSR count). The second-order valence-corrected chi connectivity index (χ2v) is 8.97. The van der Waals surface area contributed by atoms with Crippen LogP contribution in [0.4, 0.5) is 0 Å². The first-order valence-corrected chi connectivity index (χ1v) is 8.74. The standard InChI is InChI=1S/C21H36O/c1-10-16(15(2)3)14-22-19-12-17(20(4,5)6)11-18(13-19)21(7,8)9/h11-13,15-16H,10,14H2,1-9H3. The first-order valence-electron chi connectivity index (χ1n) is 8.74. The lowest BCUT2D eigenvalue weighted by molar-refractivity contribution is 0.204. The number of ether oxygens (including phenoxy) is 1. The minimum Gasteiger partial charge on any atom is -0.493 e. The zero-order valence-corrected chi connectivity index (χ0v) is 16.2. The van der Waals surface area contributed by atoms with Crippen LogP contribution in [0.1, 0.15) is 79.9 Å². The van der Waals surface area contributed by atoms with E-state index in [0.717, 1.165) is 12.4 Å². The van der Waals surface area contributed by atoms with Gasteiger partial charge in [0, 0.05) is 0 Å². The number of hydrogen-bond acceptors (Lipinski definition) is 1. The average Bonchev–Trinajstić information content (AvgIpc) is 2.36. The molecule has 22 heavy (non-hydrogen) atoms. The van der Waals surface area contributed by atoms with E-state index in [1.54, 1.807) is 0 Å². The van der Waals surface area contributed by atoms with Gasteiger partial charge in [-0.3, -0.25) is 0 Å². The van der Waals surface area contributed by atoms with Gasteiger partial charge in [-0.15, -0.1) is 0 Å². The third-order valence-electron chi connectivity index (χ3n) is 4.57. The number of benzene rings is 1. The van der Waals surface area contributed by atoms with Crippen molar-refractivity contribution in [1.82, 2.24) is 0 Å². The Morgan fingerprint density at radius 1 is 0.864 bits per heavy atom. The van der Waals surface area contributed by atoms with Gasteiger partial charge in [-0.1, -0.05) is 68.4 Å². The van der Waals surface area contributed by atoms with Crippen molar-refractivity contribution in [2.24, 2.45) is 11.8 Å². The highest BCUT2D eigenvalue weighted by Gasteiger charge is 2.21. The lowest BCUT2D eigenvalue weighted by Gasteiger charge is -2.27. The molecule has 0 aliphatic rings. The largest absolute Gasteiger partial charge is 0.493 e. The van der Waals surface area contributed by atoms with Crippen LogP contribution in [-0.4, -0.2) is 6.61 Å². The fourth-order valence-electron chi connectivity index (χ4n) is 2.53. The van der Waals surface area contributed by atoms with Crippen molar-refractivity contribution in [3.63, 3.8) is 0 Å². The molecule has 0 heterocycles. The van der Waals surface area contributed by atoms with Crippen molar-refractivity contribution < 1.29 is 4.74 Å². The monoisotopic (exact) mass is 304 g/mol. The maximum atomic E-state index is 6.19. The summed E-state index contributed by atoms with van der Waals surface area (Å²) in [5.74, 6) is 2.31. The zero-order chi connectivity index (χ0) is 17.1. The van der Waals surface area contributed by atoms with Crippen LogP contribution in [0, 0.1) is 11.8 Å². The van der Waals surface area contributed by atoms with Gasteiger partial charge in [-0.2, -0.15) is 0 Å². The summed E-state index contributed by atoms with van der Waals surface area (Å²) in [6.07, 6.45) is 1.17. The van der Waals surface area contributed by atoms with E-state index in [2.05, 4.69) is 80.5 Å². The molecule has 0 aliphatic heterocycles. The van der Waals surface area contributed by atoms with E-state index in [-0.39, 0.29) is 10.8 Å². The van der Waals surface area contributed by atoms with Crippen molar-refractivity contribution in [2.75, 3.05) is 6.61 Å². The van der Waals surface area contributed by atoms with Gasteiger partial charge in [-0.05, 0) is 52.3 Å². The molecule has 0 fully saturated rings. The molecule has 1 nitrogen and oxygen atoms in total. The minimum absolute atomic E-state index is 0.140. The predicted molar refractivity (Wildman–Crippen MR) is 98.0 cm³/mol. The summed E-state index contributed by atoms with van der Waals surface area (Å²) < 4.78 is 6.19. The minimum atomic E-state index is 0.140. The second kappa shape index (κ2) is 7.06. The normalized spacial score (nSPS) is 14.3. The molecule has 0 amide bonds. The van der Waals surface area contributed by atoms with Gasteiger partial charge in [0.1, 0.15) is 5.75 Å². The van der Waals surface area contributed by atoms with Gasteiger partial charge in [0.25, 0.3) is 0 Å². The molecule has 1 heteroatoms. The molecule has 126 valence electrons. The molecule has 0 aromatic heterocycles. The zero-order valence-electron chi connectivity index (χ0n) is 16.2. The number of hydrogen-bond donors (Lipinski definition) is 0. The van der Waals surface area contributed by atoms with E-state index in [9.17, 15) is 0 Å². The Kier molecular flexibility index (Phi) is 6.12. The van der Waals surface area contributed by atoms with E-state index in [1.165, 1.54) is 17.5 Å². The Balaban J connectivity index is 3.08. The average molecular weight is 305 g/mol. The molecule has 1 atom stereocenters. The van der Waals surface area contributed by atoms with Crippen LogP contribution in [-0.2, 0) is 10.8 Å². The molecular formula is C21H36O. The van der Waals surface area contributed by atoms with Crippen LogP contribution in [0.3, 0.4) is 0 Å². The van der Waals surface area contributed by atoms with Crippen molar-refractivity contribution in [2.45, 2.75) is 79.6 Å². The van der Waals surface area contributed by atoms with Gasteiger partial charge in [0.15, 0.2) is 0 Å². The van der Waals surface area contributed by atoms with Crippen LogP contribution in [0.15, 0.2) is 18.2 Å². The number of rotatable bonds is 5. The van der Waals surface area contributed by atoms with Crippen molar-refractivity contribution in [3.8, 4) is 5.75 Å². The molecule has 1 aromatic rings. The van der Waals surface area contributed by atoms with Crippen molar-refractivity contribution >= 4 is 0 Å². The van der Waals surface area contributed by atoms with Gasteiger partial charge in [0.2, 0.25) is 0 Å². The van der Waals surface area contributed by atoms with Crippen LogP contribution >= 0.6 is 0 Å². The van der Waals surface area contributed by atoms with E-state index in [4.69, 9.17) is 4.74 Å². The summed E-state index contributed by atoms with van der Waals surface area (Å²) in [6, 6.07) is 6.79. The Bertz CT molecular complexity index is 439. The first-order chi connectivity index (χ1) is 9.95. The lowest BCUT2D eigenvalue weighted by atomic mass is 9.80. The van der Waals surface area contributed by atoms with Crippen LogP contribution in [0.5, 0.6) is 5.75 Å². The van der Waals surface area contributed by atoms with Crippen LogP contribution < -0.4 is 4.74 Å². The molecule has 0 saturated heterocycles. The summed E-state index contributed by atoms with van der Waals surface area (Å²) in [4.78, 5) is 0. The fraction of sp³-hybridized carbons (Fsp3) is 0.714. The molecule has 1 unspecified atom stereocenters. The summed E-state index contributed by atoms with van der Waals surface area (Å²) in [7, 11) is 0. The predicted octanol–water partition coefficient (Wildman–Crippen LogP) is 6.34. The second-order valence-electron chi connectivity index (χ2n) is 8.97. The quantitative estimate of drug-likeness (QED) is 0.616. The van der Waals surface area contributed by atoms with E-state index >= 15 is 0 Å². The van der Waals surface area contributed by atoms with E-state index < -0.39 is 0 Å². The highest BCUT2D eigenvalue weighted by Crippen LogP contribution is 2.33. The Labute approximate surface area is 138 Å². The SMILES string of the molecule is CCC(COc1cc(C(C)(C)C)cc(C(C)(C)C)c1)C(C)C. The summed E-state index contributed by atoms with van der Waals surface area (Å²) in [5.41, 5.74) is 2.99. The molecule has 0 radical (unpaired) electrons. The summed E-state index contributed by atoms with van der Waals surface area (Å²) in [5, 5.41) is 0. The lowest BCUT2D eigenvalue weighted by Crippen LogP contribution is -2.19. The Hall–Kier alpha value is -0.980. The smallest absolute Gasteiger partial charge is 0.119 e. The van der Waals surface area contributed by atoms with E-state index in [0.29, 0.717) is 11.8 Å². The van der Waals surface area contributed by atoms with Gasteiger partial charge >= 0.3 is 0 Å². The van der Waals surface area contributed by atoms with Gasteiger partial charge in [0.05, 0.1) is 6.61 Å². The Morgan fingerprint density at radius 2 is 1.32 bits per heavy atom. The highest BCUT2D eigenvalue weighted by atomic mass is 16.5.